The summed E-state index contributed by atoms with van der Waals surface area (Å²) in [5, 5.41) is 13.5. The number of benzene rings is 2. The van der Waals surface area contributed by atoms with Crippen molar-refractivity contribution in [2.75, 3.05) is 5.32 Å². The average Bonchev–Trinajstić information content (AvgIpc) is 2.90. The summed E-state index contributed by atoms with van der Waals surface area (Å²) in [6.07, 6.45) is 0. The van der Waals surface area contributed by atoms with Gasteiger partial charge in [0, 0.05) is 17.7 Å². The Bertz CT molecular complexity index is 1100. The van der Waals surface area contributed by atoms with Gasteiger partial charge in [0.1, 0.15) is 6.54 Å². The van der Waals surface area contributed by atoms with Crippen LogP contribution in [0, 0.1) is 10.1 Å². The highest BCUT2D eigenvalue weighted by molar-refractivity contribution is 6.03. The molecule has 0 atom stereocenters. The number of carbonyl (C=O) groups excluding carboxylic acids is 2. The third-order valence-electron chi connectivity index (χ3n) is 3.74. The van der Waals surface area contributed by atoms with Crippen LogP contribution in [0.2, 0.25) is 0 Å². The number of nitro benzene ring substituents is 1. The molecule has 0 saturated heterocycles. The third kappa shape index (κ3) is 3.22. The zero-order chi connectivity index (χ0) is 18.8. The minimum Gasteiger partial charge on any atom is -0.408 e. The highest BCUT2D eigenvalue weighted by atomic mass is 16.6. The standard InChI is InChI=1S/C17H13N3O6/c1-10(21)12-4-2-3-5-13(12)18-16(22)9-19-14-8-11(20(24)25)6-7-15(14)26-17(19)23/h2-8H,9H2,1H3,(H,18,22). The first-order valence-corrected chi connectivity index (χ1v) is 7.54. The minimum atomic E-state index is -0.810. The predicted molar refractivity (Wildman–Crippen MR) is 92.2 cm³/mol. The average molecular weight is 355 g/mol. The molecule has 3 aromatic rings. The van der Waals surface area contributed by atoms with E-state index in [0.29, 0.717) is 11.3 Å². The summed E-state index contributed by atoms with van der Waals surface area (Å²) in [6, 6.07) is 10.1. The van der Waals surface area contributed by atoms with Crippen molar-refractivity contribution in [2.24, 2.45) is 0 Å². The number of aromatic nitrogens is 1. The van der Waals surface area contributed by atoms with Gasteiger partial charge in [-0.3, -0.25) is 24.3 Å². The molecular formula is C17H13N3O6. The van der Waals surface area contributed by atoms with Crippen LogP contribution in [0.4, 0.5) is 11.4 Å². The lowest BCUT2D eigenvalue weighted by molar-refractivity contribution is -0.384. The Balaban J connectivity index is 1.92. The van der Waals surface area contributed by atoms with Crippen LogP contribution in [0.1, 0.15) is 17.3 Å². The molecule has 0 fully saturated rings. The van der Waals surface area contributed by atoms with Crippen molar-refractivity contribution in [2.45, 2.75) is 13.5 Å². The zero-order valence-corrected chi connectivity index (χ0v) is 13.6. The molecule has 0 spiro atoms. The number of non-ortho nitro benzene ring substituents is 1. The van der Waals surface area contributed by atoms with E-state index in [-0.39, 0.29) is 22.6 Å². The Morgan fingerprint density at radius 1 is 1.23 bits per heavy atom. The van der Waals surface area contributed by atoms with Gasteiger partial charge in [0.2, 0.25) is 5.91 Å². The molecule has 2 aromatic carbocycles. The van der Waals surface area contributed by atoms with Crippen LogP contribution in [0.3, 0.4) is 0 Å². The third-order valence-corrected chi connectivity index (χ3v) is 3.74. The number of Topliss-reactive ketones (excluding diaryl/α,β-unsaturated/α-hetero) is 1. The van der Waals surface area contributed by atoms with Gasteiger partial charge in [-0.25, -0.2) is 4.79 Å². The summed E-state index contributed by atoms with van der Waals surface area (Å²) >= 11 is 0. The van der Waals surface area contributed by atoms with E-state index in [4.69, 9.17) is 4.42 Å². The van der Waals surface area contributed by atoms with Gasteiger partial charge in [-0.05, 0) is 25.1 Å². The molecule has 3 rings (SSSR count). The van der Waals surface area contributed by atoms with Crippen LogP contribution in [-0.4, -0.2) is 21.2 Å². The highest BCUT2D eigenvalue weighted by Gasteiger charge is 2.17. The number of rotatable bonds is 5. The number of oxazole rings is 1. The Hall–Kier alpha value is -3.75. The monoisotopic (exact) mass is 355 g/mol. The predicted octanol–water partition coefficient (Wildman–Crippen LogP) is 2.34. The van der Waals surface area contributed by atoms with E-state index in [1.165, 1.54) is 19.1 Å². The lowest BCUT2D eigenvalue weighted by Gasteiger charge is -2.09. The summed E-state index contributed by atoms with van der Waals surface area (Å²) in [4.78, 5) is 46.2. The normalized spacial score (nSPS) is 10.7. The Labute approximate surface area is 146 Å². The minimum absolute atomic E-state index is 0.137. The SMILES string of the molecule is CC(=O)c1ccccc1NC(=O)Cn1c(=O)oc2ccc([N+](=O)[O-])cc21. The fourth-order valence-electron chi connectivity index (χ4n) is 2.55. The number of nitro groups is 1. The van der Waals surface area contributed by atoms with Crippen molar-refractivity contribution in [1.29, 1.82) is 0 Å². The molecule has 1 aromatic heterocycles. The van der Waals surface area contributed by atoms with Gasteiger partial charge in [-0.1, -0.05) is 12.1 Å². The van der Waals surface area contributed by atoms with Gasteiger partial charge < -0.3 is 9.73 Å². The Morgan fingerprint density at radius 3 is 2.65 bits per heavy atom. The van der Waals surface area contributed by atoms with E-state index in [1.807, 2.05) is 0 Å². The largest absolute Gasteiger partial charge is 0.420 e. The molecule has 1 amide bonds. The second-order valence-corrected chi connectivity index (χ2v) is 5.51. The van der Waals surface area contributed by atoms with Gasteiger partial charge >= 0.3 is 5.76 Å². The Morgan fingerprint density at radius 2 is 1.96 bits per heavy atom. The topological polar surface area (TPSA) is 124 Å². The molecule has 132 valence electrons. The molecule has 1 N–H and O–H groups in total. The maximum absolute atomic E-state index is 12.3. The fourth-order valence-corrected chi connectivity index (χ4v) is 2.55. The van der Waals surface area contributed by atoms with Crippen molar-refractivity contribution in [3.63, 3.8) is 0 Å². The van der Waals surface area contributed by atoms with Crippen molar-refractivity contribution < 1.29 is 18.9 Å². The Kier molecular flexibility index (Phi) is 4.36. The van der Waals surface area contributed by atoms with Crippen LogP contribution in [0.5, 0.6) is 0 Å². The van der Waals surface area contributed by atoms with E-state index in [9.17, 15) is 24.5 Å². The number of hydrogen-bond donors (Lipinski definition) is 1. The lowest BCUT2D eigenvalue weighted by Crippen LogP contribution is -2.25. The molecular weight excluding hydrogens is 342 g/mol. The number of nitrogens with zero attached hydrogens (tertiary/aromatic N) is 2. The van der Waals surface area contributed by atoms with Gasteiger partial charge in [-0.15, -0.1) is 0 Å². The number of hydrogen-bond acceptors (Lipinski definition) is 6. The first-order valence-electron chi connectivity index (χ1n) is 7.54. The van der Waals surface area contributed by atoms with E-state index in [1.54, 1.807) is 24.3 Å². The summed E-state index contributed by atoms with van der Waals surface area (Å²) in [6.45, 7) is 0.956. The van der Waals surface area contributed by atoms with Gasteiger partial charge in [0.05, 0.1) is 16.1 Å². The summed E-state index contributed by atoms with van der Waals surface area (Å²) in [5.41, 5.74) is 0.698. The van der Waals surface area contributed by atoms with Gasteiger partial charge in [0.25, 0.3) is 5.69 Å². The summed E-state index contributed by atoms with van der Waals surface area (Å²) in [5.74, 6) is -1.60. The zero-order valence-electron chi connectivity index (χ0n) is 13.6. The first kappa shape index (κ1) is 17.1. The molecule has 0 aliphatic rings. The van der Waals surface area contributed by atoms with Crippen molar-refractivity contribution >= 4 is 34.2 Å². The molecule has 0 unspecified atom stereocenters. The number of fused-ring (bicyclic) bond motifs is 1. The number of ketones is 1. The van der Waals surface area contributed by atoms with E-state index in [0.717, 1.165) is 10.6 Å². The molecule has 0 saturated carbocycles. The maximum Gasteiger partial charge on any atom is 0.420 e. The van der Waals surface area contributed by atoms with Crippen molar-refractivity contribution in [3.8, 4) is 0 Å². The molecule has 9 heteroatoms. The number of carbonyl (C=O) groups is 2. The van der Waals surface area contributed by atoms with E-state index in [2.05, 4.69) is 5.32 Å². The number of anilines is 1. The molecule has 0 aliphatic heterocycles. The number of nitrogens with one attached hydrogen (secondary N) is 1. The molecule has 0 aliphatic carbocycles. The number of amides is 1. The quantitative estimate of drug-likeness (QED) is 0.425. The molecule has 0 radical (unpaired) electrons. The second-order valence-electron chi connectivity index (χ2n) is 5.51. The highest BCUT2D eigenvalue weighted by Crippen LogP contribution is 2.20. The van der Waals surface area contributed by atoms with Crippen LogP contribution < -0.4 is 11.1 Å². The van der Waals surface area contributed by atoms with E-state index < -0.39 is 23.1 Å². The van der Waals surface area contributed by atoms with Crippen LogP contribution in [0.15, 0.2) is 51.7 Å². The molecule has 1 heterocycles. The van der Waals surface area contributed by atoms with Gasteiger partial charge in [-0.2, -0.15) is 0 Å². The van der Waals surface area contributed by atoms with Gasteiger partial charge in [0.15, 0.2) is 11.4 Å². The smallest absolute Gasteiger partial charge is 0.408 e. The first-order chi connectivity index (χ1) is 12.4. The van der Waals surface area contributed by atoms with Crippen LogP contribution in [-0.2, 0) is 11.3 Å². The van der Waals surface area contributed by atoms with Crippen molar-refractivity contribution in [1.82, 2.24) is 4.57 Å². The maximum atomic E-state index is 12.3. The van der Waals surface area contributed by atoms with Crippen molar-refractivity contribution in [3.05, 3.63) is 68.7 Å². The molecule has 9 nitrogen and oxygen atoms in total. The lowest BCUT2D eigenvalue weighted by atomic mass is 10.1. The van der Waals surface area contributed by atoms with Crippen LogP contribution in [0.25, 0.3) is 11.1 Å². The second kappa shape index (κ2) is 6.63. The molecule has 0 bridgehead atoms. The van der Waals surface area contributed by atoms with E-state index >= 15 is 0 Å². The summed E-state index contributed by atoms with van der Waals surface area (Å²) in [7, 11) is 0. The molecule has 26 heavy (non-hydrogen) atoms. The number of para-hydroxylation sites is 1. The fraction of sp³-hybridized carbons (Fsp3) is 0.118. The summed E-state index contributed by atoms with van der Waals surface area (Å²) < 4.78 is 5.99. The van der Waals surface area contributed by atoms with Crippen LogP contribution >= 0.6 is 0 Å².